The molecule has 2 atom stereocenters. The lowest BCUT2D eigenvalue weighted by Gasteiger charge is -2.35. The number of para-hydroxylation sites is 2. The van der Waals surface area contributed by atoms with Gasteiger partial charge in [0, 0.05) is 32.2 Å². The first-order valence-corrected chi connectivity index (χ1v) is 10.3. The van der Waals surface area contributed by atoms with Crippen molar-refractivity contribution < 1.29 is 19.2 Å². The van der Waals surface area contributed by atoms with Crippen molar-refractivity contribution in [1.29, 1.82) is 0 Å². The number of benzene rings is 1. The monoisotopic (exact) mass is 403 g/mol. The summed E-state index contributed by atoms with van der Waals surface area (Å²) in [5.74, 6) is 0.170. The normalized spacial score (nSPS) is 23.0. The third-order valence-corrected chi connectivity index (χ3v) is 5.81. The fourth-order valence-electron chi connectivity index (χ4n) is 4.45. The van der Waals surface area contributed by atoms with Gasteiger partial charge in [-0.2, -0.15) is 0 Å². The Bertz CT molecular complexity index is 750. The maximum absolute atomic E-state index is 12.4. The number of piperidine rings is 2. The molecule has 1 aromatic carbocycles. The van der Waals surface area contributed by atoms with Gasteiger partial charge >= 0.3 is 5.97 Å². The van der Waals surface area contributed by atoms with E-state index in [-0.39, 0.29) is 35.0 Å². The van der Waals surface area contributed by atoms with Crippen molar-refractivity contribution in [3.05, 3.63) is 34.4 Å². The first-order valence-electron chi connectivity index (χ1n) is 10.3. The number of hydrogen-bond acceptors (Lipinski definition) is 6. The largest absolute Gasteiger partial charge is 0.455 e. The third kappa shape index (κ3) is 5.25. The van der Waals surface area contributed by atoms with E-state index in [1.807, 2.05) is 4.90 Å². The van der Waals surface area contributed by atoms with Crippen LogP contribution in [0.2, 0.25) is 0 Å². The second kappa shape index (κ2) is 9.24. The van der Waals surface area contributed by atoms with Crippen LogP contribution in [0.3, 0.4) is 0 Å². The van der Waals surface area contributed by atoms with Crippen LogP contribution in [-0.4, -0.2) is 54.5 Å². The maximum atomic E-state index is 12.4. The zero-order valence-corrected chi connectivity index (χ0v) is 17.1. The van der Waals surface area contributed by atoms with E-state index in [2.05, 4.69) is 13.8 Å². The number of rotatable bonds is 5. The molecule has 2 aliphatic heterocycles. The fourth-order valence-corrected chi connectivity index (χ4v) is 4.45. The van der Waals surface area contributed by atoms with Gasteiger partial charge in [0.15, 0.2) is 6.61 Å². The molecule has 2 fully saturated rings. The lowest BCUT2D eigenvalue weighted by Crippen LogP contribution is -2.45. The molecule has 8 heteroatoms. The van der Waals surface area contributed by atoms with Crippen LogP contribution in [0.25, 0.3) is 0 Å². The number of nitro benzene ring substituents is 1. The van der Waals surface area contributed by atoms with Gasteiger partial charge < -0.3 is 14.5 Å². The zero-order valence-electron chi connectivity index (χ0n) is 17.1. The summed E-state index contributed by atoms with van der Waals surface area (Å²) in [4.78, 5) is 39.4. The van der Waals surface area contributed by atoms with Crippen molar-refractivity contribution >= 4 is 23.3 Å². The molecule has 0 radical (unpaired) electrons. The molecule has 0 aromatic heterocycles. The predicted molar refractivity (Wildman–Crippen MR) is 109 cm³/mol. The van der Waals surface area contributed by atoms with E-state index in [9.17, 15) is 19.7 Å². The van der Waals surface area contributed by atoms with Gasteiger partial charge in [-0.3, -0.25) is 19.7 Å². The Kier molecular flexibility index (Phi) is 6.71. The molecule has 3 rings (SSSR count). The summed E-state index contributed by atoms with van der Waals surface area (Å²) in [6.07, 6.45) is 2.22. The molecule has 2 heterocycles. The number of ether oxygens (including phenoxy) is 1. The number of carbonyl (C=O) groups excluding carboxylic acids is 2. The number of anilines is 1. The van der Waals surface area contributed by atoms with Crippen LogP contribution < -0.4 is 4.90 Å². The Balaban J connectivity index is 1.48. The second-order valence-electron chi connectivity index (χ2n) is 8.36. The van der Waals surface area contributed by atoms with E-state index in [4.69, 9.17) is 4.74 Å². The number of nitrogens with zero attached hydrogens (tertiary/aromatic N) is 3. The molecule has 158 valence electrons. The standard InChI is InChI=1S/C21H29N3O5/c1-15-11-16(2)13-23(12-15)20(25)14-29-21(26)17-7-9-22(10-8-17)18-5-3-4-6-19(18)24(27)28/h3-6,15-17H,7-14H2,1-2H3/t15-,16-/m0/s1. The topological polar surface area (TPSA) is 93.0 Å². The van der Waals surface area contributed by atoms with Gasteiger partial charge in [-0.15, -0.1) is 0 Å². The summed E-state index contributed by atoms with van der Waals surface area (Å²) in [5, 5.41) is 11.2. The lowest BCUT2D eigenvalue weighted by atomic mass is 9.92. The Morgan fingerprint density at radius 2 is 1.76 bits per heavy atom. The number of esters is 1. The highest BCUT2D eigenvalue weighted by Gasteiger charge is 2.30. The summed E-state index contributed by atoms with van der Waals surface area (Å²) in [6.45, 7) is 6.58. The molecule has 8 nitrogen and oxygen atoms in total. The highest BCUT2D eigenvalue weighted by Crippen LogP contribution is 2.31. The van der Waals surface area contributed by atoms with Crippen molar-refractivity contribution in [2.24, 2.45) is 17.8 Å². The first kappa shape index (κ1) is 21.1. The molecular weight excluding hydrogens is 374 g/mol. The van der Waals surface area contributed by atoms with Crippen molar-refractivity contribution in [2.45, 2.75) is 33.1 Å². The summed E-state index contributed by atoms with van der Waals surface area (Å²) < 4.78 is 5.31. The fraction of sp³-hybridized carbons (Fsp3) is 0.619. The molecule has 1 aromatic rings. The van der Waals surface area contributed by atoms with Gasteiger partial charge in [0.2, 0.25) is 0 Å². The Morgan fingerprint density at radius 3 is 2.38 bits per heavy atom. The Morgan fingerprint density at radius 1 is 1.14 bits per heavy atom. The van der Waals surface area contributed by atoms with Crippen molar-refractivity contribution in [3.63, 3.8) is 0 Å². The quantitative estimate of drug-likeness (QED) is 0.426. The summed E-state index contributed by atoms with van der Waals surface area (Å²) in [7, 11) is 0. The molecule has 2 saturated heterocycles. The number of hydrogen-bond donors (Lipinski definition) is 0. The van der Waals surface area contributed by atoms with Crippen LogP contribution in [-0.2, 0) is 14.3 Å². The Labute approximate surface area is 171 Å². The second-order valence-corrected chi connectivity index (χ2v) is 8.36. The van der Waals surface area contributed by atoms with E-state index in [1.54, 1.807) is 23.1 Å². The van der Waals surface area contributed by atoms with Crippen molar-refractivity contribution in [1.82, 2.24) is 4.90 Å². The van der Waals surface area contributed by atoms with Gasteiger partial charge in [-0.1, -0.05) is 26.0 Å². The van der Waals surface area contributed by atoms with Gasteiger partial charge in [-0.25, -0.2) is 0 Å². The van der Waals surface area contributed by atoms with Crippen LogP contribution in [0.4, 0.5) is 11.4 Å². The predicted octanol–water partition coefficient (Wildman–Crippen LogP) is 2.86. The van der Waals surface area contributed by atoms with Gasteiger partial charge in [-0.05, 0) is 37.2 Å². The maximum Gasteiger partial charge on any atom is 0.309 e. The van der Waals surface area contributed by atoms with Gasteiger partial charge in [0.05, 0.1) is 10.8 Å². The average molecular weight is 403 g/mol. The highest BCUT2D eigenvalue weighted by molar-refractivity contribution is 5.81. The van der Waals surface area contributed by atoms with Crippen LogP contribution >= 0.6 is 0 Å². The number of amides is 1. The van der Waals surface area contributed by atoms with E-state index in [1.165, 1.54) is 6.07 Å². The Hall–Kier alpha value is -2.64. The molecular formula is C21H29N3O5. The summed E-state index contributed by atoms with van der Waals surface area (Å²) >= 11 is 0. The lowest BCUT2D eigenvalue weighted by molar-refractivity contribution is -0.384. The number of likely N-dealkylation sites (tertiary alicyclic amines) is 1. The average Bonchev–Trinajstić information content (AvgIpc) is 2.71. The molecule has 29 heavy (non-hydrogen) atoms. The minimum absolute atomic E-state index is 0.0733. The minimum Gasteiger partial charge on any atom is -0.455 e. The number of carbonyl (C=O) groups is 2. The van der Waals surface area contributed by atoms with Crippen molar-refractivity contribution in [3.8, 4) is 0 Å². The smallest absolute Gasteiger partial charge is 0.309 e. The SMILES string of the molecule is C[C@H]1C[C@H](C)CN(C(=O)COC(=O)C2CCN(c3ccccc3[N+](=O)[O-])CC2)C1. The van der Waals surface area contributed by atoms with Gasteiger partial charge in [0.1, 0.15) is 5.69 Å². The van der Waals surface area contributed by atoms with Crippen LogP contribution in [0.5, 0.6) is 0 Å². The van der Waals surface area contributed by atoms with E-state index in [0.29, 0.717) is 43.5 Å². The van der Waals surface area contributed by atoms with Crippen LogP contribution in [0.1, 0.15) is 33.1 Å². The molecule has 0 saturated carbocycles. The molecule has 0 aliphatic carbocycles. The van der Waals surface area contributed by atoms with E-state index >= 15 is 0 Å². The molecule has 0 bridgehead atoms. The summed E-state index contributed by atoms with van der Waals surface area (Å²) in [5.41, 5.74) is 0.650. The molecule has 2 aliphatic rings. The number of nitro groups is 1. The summed E-state index contributed by atoms with van der Waals surface area (Å²) in [6, 6.07) is 6.64. The van der Waals surface area contributed by atoms with Crippen molar-refractivity contribution in [2.75, 3.05) is 37.7 Å². The van der Waals surface area contributed by atoms with E-state index in [0.717, 1.165) is 19.5 Å². The molecule has 1 amide bonds. The van der Waals surface area contributed by atoms with Crippen LogP contribution in [0, 0.1) is 27.9 Å². The molecule has 0 unspecified atom stereocenters. The highest BCUT2D eigenvalue weighted by atomic mass is 16.6. The molecule has 0 spiro atoms. The van der Waals surface area contributed by atoms with Crippen LogP contribution in [0.15, 0.2) is 24.3 Å². The first-order chi connectivity index (χ1) is 13.8. The molecule has 0 N–H and O–H groups in total. The minimum atomic E-state index is -0.385. The van der Waals surface area contributed by atoms with E-state index < -0.39 is 0 Å². The van der Waals surface area contributed by atoms with Gasteiger partial charge in [0.25, 0.3) is 11.6 Å². The third-order valence-electron chi connectivity index (χ3n) is 5.81. The zero-order chi connectivity index (χ0) is 21.0.